The molecule has 0 saturated heterocycles. The molecular formula is C40H36N2O4. The summed E-state index contributed by atoms with van der Waals surface area (Å²) in [6.07, 6.45) is 9.70. The molecule has 230 valence electrons. The first kappa shape index (κ1) is 28.4. The van der Waals surface area contributed by atoms with E-state index in [1.165, 1.54) is 22.6 Å². The van der Waals surface area contributed by atoms with Crippen LogP contribution in [0.5, 0.6) is 0 Å². The van der Waals surface area contributed by atoms with Crippen LogP contribution < -0.4 is 4.90 Å². The van der Waals surface area contributed by atoms with Crippen LogP contribution >= 0.6 is 0 Å². The number of fused-ring (bicyclic) bond motifs is 6. The van der Waals surface area contributed by atoms with E-state index in [-0.39, 0.29) is 28.2 Å². The van der Waals surface area contributed by atoms with Crippen LogP contribution in [0.3, 0.4) is 0 Å². The molecule has 0 saturated carbocycles. The molecule has 2 N–H and O–H groups in total. The minimum absolute atomic E-state index is 0.123. The molecule has 3 aromatic carbocycles. The van der Waals surface area contributed by atoms with Gasteiger partial charge in [-0.2, -0.15) is 0 Å². The van der Waals surface area contributed by atoms with E-state index < -0.39 is 17.0 Å². The van der Waals surface area contributed by atoms with Gasteiger partial charge in [-0.3, -0.25) is 9.59 Å². The summed E-state index contributed by atoms with van der Waals surface area (Å²) in [4.78, 5) is 29.6. The summed E-state index contributed by atoms with van der Waals surface area (Å²) in [6.45, 7) is 7.24. The van der Waals surface area contributed by atoms with E-state index >= 15 is 0 Å². The summed E-state index contributed by atoms with van der Waals surface area (Å²) in [6, 6.07) is 20.7. The van der Waals surface area contributed by atoms with E-state index in [0.29, 0.717) is 5.70 Å². The first-order valence-electron chi connectivity index (χ1n) is 16.3. The molecule has 3 aliphatic carbocycles. The lowest BCUT2D eigenvalue weighted by molar-refractivity contribution is -0.115. The zero-order valence-electron chi connectivity index (χ0n) is 26.4. The predicted octanol–water partition coefficient (Wildman–Crippen LogP) is 8.32. The molecule has 6 heteroatoms. The van der Waals surface area contributed by atoms with E-state index in [9.17, 15) is 19.8 Å². The largest absolute Gasteiger partial charge is 0.507 e. The van der Waals surface area contributed by atoms with Crippen molar-refractivity contribution in [2.45, 2.75) is 58.3 Å². The van der Waals surface area contributed by atoms with Gasteiger partial charge >= 0.3 is 0 Å². The third kappa shape index (κ3) is 3.89. The Labute approximate surface area is 267 Å². The maximum Gasteiger partial charge on any atom is 0.201 e. The van der Waals surface area contributed by atoms with Crippen molar-refractivity contribution in [3.8, 4) is 0 Å². The third-order valence-electron chi connectivity index (χ3n) is 10.2. The summed E-state index contributed by atoms with van der Waals surface area (Å²) in [5.74, 6) is -1.49. The molecule has 6 nitrogen and oxygen atoms in total. The molecule has 4 aliphatic rings. The lowest BCUT2D eigenvalue weighted by Crippen LogP contribution is -2.31. The number of carbonyl (C=O) groups excluding carboxylic acids is 2. The smallest absolute Gasteiger partial charge is 0.201 e. The van der Waals surface area contributed by atoms with Gasteiger partial charge in [-0.05, 0) is 65.8 Å². The molecule has 0 unspecified atom stereocenters. The number of carbonyl (C=O) groups is 2. The molecule has 0 atom stereocenters. The highest BCUT2D eigenvalue weighted by Crippen LogP contribution is 2.52. The summed E-state index contributed by atoms with van der Waals surface area (Å²) in [7, 11) is 0. The number of aliphatic hydroxyl groups excluding tert-OH is 2. The number of benzene rings is 3. The van der Waals surface area contributed by atoms with Crippen LogP contribution in [0.1, 0.15) is 56.9 Å². The van der Waals surface area contributed by atoms with Crippen molar-refractivity contribution < 1.29 is 19.8 Å². The van der Waals surface area contributed by atoms with Crippen molar-refractivity contribution in [1.82, 2.24) is 4.57 Å². The summed E-state index contributed by atoms with van der Waals surface area (Å²) >= 11 is 0. The molecule has 0 fully saturated rings. The van der Waals surface area contributed by atoms with Gasteiger partial charge in [-0.1, -0.05) is 75.7 Å². The number of hydrogen-bond donors (Lipinski definition) is 2. The van der Waals surface area contributed by atoms with Crippen LogP contribution in [-0.4, -0.2) is 32.9 Å². The van der Waals surface area contributed by atoms with Gasteiger partial charge in [0, 0.05) is 46.6 Å². The number of hydrogen-bond acceptors (Lipinski definition) is 5. The van der Waals surface area contributed by atoms with Crippen LogP contribution in [0, 0.1) is 0 Å². The van der Waals surface area contributed by atoms with Crippen molar-refractivity contribution in [3.63, 3.8) is 0 Å². The maximum atomic E-state index is 13.8. The number of para-hydroxylation sites is 1. The van der Waals surface area contributed by atoms with E-state index in [1.807, 2.05) is 30.3 Å². The fourth-order valence-corrected chi connectivity index (χ4v) is 8.07. The second-order valence-corrected chi connectivity index (χ2v) is 13.3. The number of unbranched alkanes of at least 4 members (excludes halogenated alkanes) is 1. The van der Waals surface area contributed by atoms with Gasteiger partial charge in [0.1, 0.15) is 11.5 Å². The Morgan fingerprint density at radius 3 is 2.41 bits per heavy atom. The number of nitrogens with zero attached hydrogens (tertiary/aromatic N) is 2. The lowest BCUT2D eigenvalue weighted by Gasteiger charge is -2.30. The Morgan fingerprint density at radius 2 is 1.65 bits per heavy atom. The van der Waals surface area contributed by atoms with Gasteiger partial charge in [0.15, 0.2) is 5.78 Å². The van der Waals surface area contributed by atoms with E-state index in [1.54, 1.807) is 12.2 Å². The van der Waals surface area contributed by atoms with Crippen molar-refractivity contribution >= 4 is 44.6 Å². The highest BCUT2D eigenvalue weighted by molar-refractivity contribution is 6.27. The molecular weight excluding hydrogens is 572 g/mol. The molecule has 1 aromatic heterocycles. The number of ketones is 2. The van der Waals surface area contributed by atoms with Crippen LogP contribution in [0.25, 0.3) is 27.4 Å². The van der Waals surface area contributed by atoms with Crippen LogP contribution in [0.15, 0.2) is 113 Å². The van der Waals surface area contributed by atoms with E-state index in [2.05, 4.69) is 60.6 Å². The van der Waals surface area contributed by atoms with Gasteiger partial charge in [-0.25, -0.2) is 0 Å². The molecule has 0 spiro atoms. The minimum Gasteiger partial charge on any atom is -0.507 e. The average molecular weight is 609 g/mol. The van der Waals surface area contributed by atoms with Gasteiger partial charge < -0.3 is 19.7 Å². The van der Waals surface area contributed by atoms with Crippen LogP contribution in [-0.2, 0) is 27.8 Å². The quantitative estimate of drug-likeness (QED) is 0.223. The third-order valence-corrected chi connectivity index (χ3v) is 10.2. The fourth-order valence-electron chi connectivity index (χ4n) is 8.07. The molecule has 1 aliphatic heterocycles. The summed E-state index contributed by atoms with van der Waals surface area (Å²) in [5, 5.41) is 26.1. The van der Waals surface area contributed by atoms with Crippen LogP contribution in [0.4, 0.5) is 5.69 Å². The molecule has 46 heavy (non-hydrogen) atoms. The number of aryl methyl sites for hydroxylation is 1. The topological polar surface area (TPSA) is 82.8 Å². The highest BCUT2D eigenvalue weighted by atomic mass is 16.3. The number of anilines is 1. The average Bonchev–Trinajstić information content (AvgIpc) is 3.70. The highest BCUT2D eigenvalue weighted by Gasteiger charge is 2.45. The Hall–Kier alpha value is -5.10. The first-order valence-corrected chi connectivity index (χ1v) is 16.3. The SMILES string of the molecule is CCCCN1/C(=C\C2=C(O)C(=C3/C(=O)C=C(n4c5c(c6ccccc64)CCC5)C=C3O)/C2=O)C(C)(C)c2c1ccc1ccccc21. The molecule has 0 radical (unpaired) electrons. The van der Waals surface area contributed by atoms with E-state index in [4.69, 9.17) is 0 Å². The Bertz CT molecular complexity index is 2200. The fraction of sp³-hybridized carbons (Fsp3) is 0.250. The zero-order chi connectivity index (χ0) is 31.9. The molecule has 0 amide bonds. The van der Waals surface area contributed by atoms with Crippen molar-refractivity contribution in [2.75, 3.05) is 11.4 Å². The summed E-state index contributed by atoms with van der Waals surface area (Å²) < 4.78 is 2.05. The van der Waals surface area contributed by atoms with Crippen LogP contribution in [0.2, 0.25) is 0 Å². The molecule has 4 aromatic rings. The Balaban J connectivity index is 1.21. The number of Topliss-reactive ketones (excluding diaryl/α,β-unsaturated/α-hetero) is 1. The molecule has 0 bridgehead atoms. The minimum atomic E-state index is -0.495. The van der Waals surface area contributed by atoms with Gasteiger partial charge in [0.25, 0.3) is 0 Å². The maximum absolute atomic E-state index is 13.8. The van der Waals surface area contributed by atoms with E-state index in [0.717, 1.165) is 72.0 Å². The van der Waals surface area contributed by atoms with Crippen molar-refractivity contribution in [2.24, 2.45) is 0 Å². The first-order chi connectivity index (χ1) is 22.2. The molecule has 8 rings (SSSR count). The van der Waals surface area contributed by atoms with Gasteiger partial charge in [0.2, 0.25) is 5.78 Å². The number of allylic oxidation sites excluding steroid dienone is 8. The van der Waals surface area contributed by atoms with Gasteiger partial charge in [0.05, 0.1) is 27.9 Å². The summed E-state index contributed by atoms with van der Waals surface area (Å²) in [5.41, 5.74) is 6.67. The normalized spacial score (nSPS) is 21.3. The van der Waals surface area contributed by atoms with Crippen molar-refractivity contribution in [3.05, 3.63) is 130 Å². The second-order valence-electron chi connectivity index (χ2n) is 13.3. The number of aromatic nitrogens is 1. The standard InChI is InChI=1S/C40H36N2O4/c1-4-5-19-41-31-18-17-23-11-6-7-12-25(23)37(31)40(2,3)34(41)22-28-38(45)36(39(28)46)35-32(43)20-24(21-33(35)44)42-29-15-9-8-13-26(29)27-14-10-16-30(27)42/h6-9,11-13,15,17-18,20-22,43,45H,4-5,10,14,16,19H2,1-3H3/b34-22-,36-35-. The Morgan fingerprint density at radius 1 is 0.891 bits per heavy atom. The molecule has 2 heterocycles. The van der Waals surface area contributed by atoms with Crippen molar-refractivity contribution in [1.29, 1.82) is 0 Å². The predicted molar refractivity (Wildman–Crippen MR) is 183 cm³/mol. The zero-order valence-corrected chi connectivity index (χ0v) is 26.4. The lowest BCUT2D eigenvalue weighted by atomic mass is 9.77. The Kier molecular flexibility index (Phi) is 6.30. The second kappa shape index (κ2) is 10.2. The monoisotopic (exact) mass is 608 g/mol. The number of aliphatic hydroxyl groups is 2. The van der Waals surface area contributed by atoms with Gasteiger partial charge in [-0.15, -0.1) is 0 Å². The number of rotatable bonds is 5.